The Hall–Kier alpha value is -3.03. The number of para-hydroxylation sites is 1. The zero-order chi connectivity index (χ0) is 21.9. The van der Waals surface area contributed by atoms with Crippen molar-refractivity contribution in [2.75, 3.05) is 5.32 Å². The number of benzene rings is 3. The van der Waals surface area contributed by atoms with Crippen LogP contribution in [0.1, 0.15) is 11.3 Å². The number of aryl methyl sites for hydroxylation is 1. The van der Waals surface area contributed by atoms with Gasteiger partial charge in [0.25, 0.3) is 0 Å². The summed E-state index contributed by atoms with van der Waals surface area (Å²) in [5, 5.41) is 18.9. The fraction of sp³-hybridized carbons (Fsp3) is 0.160. The zero-order valence-electron chi connectivity index (χ0n) is 17.6. The molecule has 1 N–H and O–H groups in total. The van der Waals surface area contributed by atoms with Gasteiger partial charge in [-0.05, 0) is 61.4 Å². The Kier molecular flexibility index (Phi) is 6.01. The summed E-state index contributed by atoms with van der Waals surface area (Å²) in [7, 11) is 0. The molecule has 3 aromatic carbocycles. The van der Waals surface area contributed by atoms with Crippen molar-refractivity contribution in [1.29, 1.82) is 0 Å². The van der Waals surface area contributed by atoms with Crippen LogP contribution in [0, 0.1) is 6.92 Å². The maximum absolute atomic E-state index is 4.89. The van der Waals surface area contributed by atoms with Crippen molar-refractivity contribution in [1.82, 2.24) is 20.0 Å². The van der Waals surface area contributed by atoms with E-state index in [2.05, 4.69) is 110 Å². The van der Waals surface area contributed by atoms with Crippen molar-refractivity contribution in [3.63, 3.8) is 0 Å². The first kappa shape index (κ1) is 20.8. The molecular weight excluding hydrogens is 482 g/mol. The van der Waals surface area contributed by atoms with Crippen LogP contribution >= 0.6 is 27.3 Å². The van der Waals surface area contributed by atoms with Gasteiger partial charge in [-0.25, -0.2) is 0 Å². The molecule has 5 nitrogen and oxygen atoms in total. The molecule has 0 aliphatic carbocycles. The number of aromatic nitrogens is 4. The van der Waals surface area contributed by atoms with E-state index in [0.717, 1.165) is 50.3 Å². The number of nitrogens with zero attached hydrogens (tertiary/aromatic N) is 4. The first-order valence-corrected chi connectivity index (χ1v) is 12.1. The predicted molar refractivity (Wildman–Crippen MR) is 135 cm³/mol. The van der Waals surface area contributed by atoms with Crippen LogP contribution in [0.4, 0.5) is 5.69 Å². The number of fused-ring (bicyclic) bond motifs is 1. The average Bonchev–Trinajstić information content (AvgIpc) is 3.43. The minimum absolute atomic E-state index is 0.178. The summed E-state index contributed by atoms with van der Waals surface area (Å²) in [6.45, 7) is 2.82. The van der Waals surface area contributed by atoms with Gasteiger partial charge < -0.3 is 5.32 Å². The molecule has 160 valence electrons. The third kappa shape index (κ3) is 4.59. The van der Waals surface area contributed by atoms with Crippen molar-refractivity contribution in [3.8, 4) is 10.6 Å². The van der Waals surface area contributed by atoms with Gasteiger partial charge in [0.1, 0.15) is 10.5 Å². The number of hydrogen-bond acceptors (Lipinski definition) is 5. The van der Waals surface area contributed by atoms with Crippen LogP contribution in [-0.2, 0) is 13.0 Å². The van der Waals surface area contributed by atoms with Crippen molar-refractivity contribution in [3.05, 3.63) is 94.0 Å². The van der Waals surface area contributed by atoms with Crippen LogP contribution < -0.4 is 5.32 Å². The second-order valence-electron chi connectivity index (χ2n) is 7.78. The van der Waals surface area contributed by atoms with Crippen LogP contribution in [0.2, 0.25) is 0 Å². The zero-order valence-corrected chi connectivity index (χ0v) is 20.0. The van der Waals surface area contributed by atoms with Crippen LogP contribution in [0.3, 0.4) is 0 Å². The number of hydrogen-bond donors (Lipinski definition) is 1. The summed E-state index contributed by atoms with van der Waals surface area (Å²) in [6.07, 6.45) is 0.887. The second-order valence-corrected chi connectivity index (χ2v) is 9.53. The molecule has 0 amide bonds. The molecule has 0 saturated heterocycles. The fourth-order valence-corrected chi connectivity index (χ4v) is 5.00. The maximum Gasteiger partial charge on any atom is 0.147 e. The van der Waals surface area contributed by atoms with Gasteiger partial charge in [0.05, 0.1) is 17.8 Å². The lowest BCUT2D eigenvalue weighted by Gasteiger charge is -2.21. The summed E-state index contributed by atoms with van der Waals surface area (Å²) in [6, 6.07) is 25.5. The molecule has 1 atom stereocenters. The Balaban J connectivity index is 1.46. The van der Waals surface area contributed by atoms with Crippen molar-refractivity contribution < 1.29 is 0 Å². The quantitative estimate of drug-likeness (QED) is 0.281. The van der Waals surface area contributed by atoms with Crippen molar-refractivity contribution >= 4 is 43.9 Å². The third-order valence-electron chi connectivity index (χ3n) is 5.45. The van der Waals surface area contributed by atoms with Gasteiger partial charge in [-0.1, -0.05) is 57.6 Å². The lowest BCUT2D eigenvalue weighted by molar-refractivity contribution is 0.543. The predicted octanol–water partition coefficient (Wildman–Crippen LogP) is 6.35. The second kappa shape index (κ2) is 9.22. The van der Waals surface area contributed by atoms with Crippen LogP contribution in [0.15, 0.2) is 82.8 Å². The van der Waals surface area contributed by atoms with E-state index in [1.807, 2.05) is 6.07 Å². The Morgan fingerprint density at radius 3 is 2.69 bits per heavy atom. The highest BCUT2D eigenvalue weighted by atomic mass is 79.9. The SMILES string of the molecule is Cc1nn(C[C@H](Cc2cccc(Br)c2)Nc2ccccc2)c2ccc(-c3nncs3)cc12. The smallest absolute Gasteiger partial charge is 0.147 e. The van der Waals surface area contributed by atoms with Gasteiger partial charge >= 0.3 is 0 Å². The van der Waals surface area contributed by atoms with Gasteiger partial charge in [-0.15, -0.1) is 10.2 Å². The molecule has 32 heavy (non-hydrogen) atoms. The molecule has 7 heteroatoms. The van der Waals surface area contributed by atoms with E-state index in [1.165, 1.54) is 5.56 Å². The summed E-state index contributed by atoms with van der Waals surface area (Å²) in [5.41, 5.74) is 7.38. The maximum atomic E-state index is 4.89. The molecule has 0 radical (unpaired) electrons. The Labute approximate surface area is 199 Å². The molecule has 0 unspecified atom stereocenters. The van der Waals surface area contributed by atoms with E-state index in [0.29, 0.717) is 0 Å². The minimum atomic E-state index is 0.178. The number of rotatable bonds is 7. The molecule has 0 spiro atoms. The van der Waals surface area contributed by atoms with Crippen LogP contribution in [0.25, 0.3) is 21.5 Å². The van der Waals surface area contributed by atoms with Gasteiger partial charge in [0.15, 0.2) is 0 Å². The highest BCUT2D eigenvalue weighted by Gasteiger charge is 2.16. The summed E-state index contributed by atoms with van der Waals surface area (Å²) >= 11 is 5.15. The normalized spacial score (nSPS) is 12.2. The number of nitrogens with one attached hydrogen (secondary N) is 1. The number of anilines is 1. The van der Waals surface area contributed by atoms with Gasteiger partial charge in [0.2, 0.25) is 0 Å². The summed E-state index contributed by atoms with van der Waals surface area (Å²) in [4.78, 5) is 0. The first-order valence-electron chi connectivity index (χ1n) is 10.5. The van der Waals surface area contributed by atoms with E-state index < -0.39 is 0 Å². The Morgan fingerprint density at radius 2 is 1.91 bits per heavy atom. The Morgan fingerprint density at radius 1 is 1.03 bits per heavy atom. The first-order chi connectivity index (χ1) is 15.7. The number of halogens is 1. The molecule has 0 bridgehead atoms. The molecular formula is C25H22BrN5S. The molecule has 5 rings (SSSR count). The molecule has 2 aromatic heterocycles. The largest absolute Gasteiger partial charge is 0.380 e. The van der Waals surface area contributed by atoms with Crippen LogP contribution in [0.5, 0.6) is 0 Å². The van der Waals surface area contributed by atoms with Crippen molar-refractivity contribution in [2.24, 2.45) is 0 Å². The highest BCUT2D eigenvalue weighted by Crippen LogP contribution is 2.28. The minimum Gasteiger partial charge on any atom is -0.380 e. The third-order valence-corrected chi connectivity index (χ3v) is 6.68. The van der Waals surface area contributed by atoms with Gasteiger partial charge in [-0.3, -0.25) is 4.68 Å². The molecule has 0 aliphatic heterocycles. The van der Waals surface area contributed by atoms with E-state index in [9.17, 15) is 0 Å². The molecule has 0 aliphatic rings. The van der Waals surface area contributed by atoms with E-state index >= 15 is 0 Å². The van der Waals surface area contributed by atoms with Crippen LogP contribution in [-0.4, -0.2) is 26.0 Å². The lowest BCUT2D eigenvalue weighted by atomic mass is 10.1. The standard InChI is InChI=1S/C25H22BrN5S/c1-17-23-14-19(25-29-27-16-32-25)10-11-24(23)31(30-17)15-22(28-21-8-3-2-4-9-21)13-18-6-5-7-20(26)12-18/h2-12,14,16,22,28H,13,15H2,1H3/t22-/m0/s1. The molecule has 0 fully saturated rings. The highest BCUT2D eigenvalue weighted by molar-refractivity contribution is 9.10. The molecule has 5 aromatic rings. The Bertz CT molecular complexity index is 1330. The monoisotopic (exact) mass is 503 g/mol. The van der Waals surface area contributed by atoms with E-state index in [-0.39, 0.29) is 6.04 Å². The van der Waals surface area contributed by atoms with E-state index in [1.54, 1.807) is 16.8 Å². The van der Waals surface area contributed by atoms with Gasteiger partial charge in [-0.2, -0.15) is 5.10 Å². The van der Waals surface area contributed by atoms with Gasteiger partial charge in [0, 0.05) is 27.2 Å². The average molecular weight is 504 g/mol. The molecule has 2 heterocycles. The van der Waals surface area contributed by atoms with E-state index in [4.69, 9.17) is 5.10 Å². The van der Waals surface area contributed by atoms with Crippen molar-refractivity contribution in [2.45, 2.75) is 25.9 Å². The molecule has 0 saturated carbocycles. The lowest BCUT2D eigenvalue weighted by Crippen LogP contribution is -2.28. The topological polar surface area (TPSA) is 55.6 Å². The fourth-order valence-electron chi connectivity index (χ4n) is 4.00. The summed E-state index contributed by atoms with van der Waals surface area (Å²) in [5.74, 6) is 0. The summed E-state index contributed by atoms with van der Waals surface area (Å²) < 4.78 is 3.21.